The van der Waals surface area contributed by atoms with E-state index in [1.807, 2.05) is 50.2 Å². The highest BCUT2D eigenvalue weighted by Crippen LogP contribution is 2.33. The molecule has 0 atom stereocenters. The van der Waals surface area contributed by atoms with E-state index < -0.39 is 5.66 Å². The van der Waals surface area contributed by atoms with Gasteiger partial charge in [0.05, 0.1) is 11.5 Å². The molecule has 1 amide bonds. The number of rotatable bonds is 4. The number of hydrogen-bond donors (Lipinski definition) is 1. The molecule has 0 spiro atoms. The fourth-order valence-corrected chi connectivity index (χ4v) is 3.91. The molecule has 0 saturated carbocycles. The molecule has 0 unspecified atom stereocenters. The predicted molar refractivity (Wildman–Crippen MR) is 113 cm³/mol. The topological polar surface area (TPSA) is 72.3 Å². The minimum absolute atomic E-state index is 0.110. The molecule has 0 aromatic heterocycles. The lowest BCUT2D eigenvalue weighted by atomic mass is 10.1. The van der Waals surface area contributed by atoms with E-state index >= 15 is 0 Å². The van der Waals surface area contributed by atoms with Gasteiger partial charge in [0, 0.05) is 17.3 Å². The van der Waals surface area contributed by atoms with Crippen molar-refractivity contribution in [3.8, 4) is 11.5 Å². The van der Waals surface area contributed by atoms with Crippen molar-refractivity contribution in [2.45, 2.75) is 19.5 Å². The van der Waals surface area contributed by atoms with Gasteiger partial charge in [-0.2, -0.15) is 0 Å². The molecule has 2 aromatic rings. The Hall–Kier alpha value is -2.80. The second-order valence-corrected chi connectivity index (χ2v) is 7.90. The van der Waals surface area contributed by atoms with Crippen LogP contribution in [0.4, 0.5) is 5.69 Å². The first-order valence-electron chi connectivity index (χ1n) is 9.08. The summed E-state index contributed by atoms with van der Waals surface area (Å²) < 4.78 is 11.1. The zero-order chi connectivity index (χ0) is 19.6. The van der Waals surface area contributed by atoms with E-state index in [9.17, 15) is 4.79 Å². The normalized spacial score (nSPS) is 16.9. The SMILES string of the molecule is CC1(C)N=C(SCC(=O)Nc2ccc3c(c2)OCCO3)C(c2ccccc2)=N1. The Morgan fingerprint density at radius 2 is 1.82 bits per heavy atom. The van der Waals surface area contributed by atoms with Crippen LogP contribution in [0.3, 0.4) is 0 Å². The molecule has 28 heavy (non-hydrogen) atoms. The summed E-state index contributed by atoms with van der Waals surface area (Å²) in [6.07, 6.45) is 0. The predicted octanol–water partition coefficient (Wildman–Crippen LogP) is 3.77. The monoisotopic (exact) mass is 395 g/mol. The van der Waals surface area contributed by atoms with Crippen molar-refractivity contribution in [3.63, 3.8) is 0 Å². The van der Waals surface area contributed by atoms with Gasteiger partial charge in [-0.1, -0.05) is 42.1 Å². The zero-order valence-corrected chi connectivity index (χ0v) is 16.6. The second-order valence-electron chi connectivity index (χ2n) is 6.93. The number of hydrogen-bond acceptors (Lipinski definition) is 6. The molecule has 7 heteroatoms. The van der Waals surface area contributed by atoms with Crippen molar-refractivity contribution in [2.75, 3.05) is 24.3 Å². The summed E-state index contributed by atoms with van der Waals surface area (Å²) >= 11 is 1.40. The van der Waals surface area contributed by atoms with Gasteiger partial charge in [-0.25, -0.2) is 4.99 Å². The fraction of sp³-hybridized carbons (Fsp3) is 0.286. The first-order chi connectivity index (χ1) is 13.5. The third-order valence-corrected chi connectivity index (χ3v) is 5.14. The summed E-state index contributed by atoms with van der Waals surface area (Å²) in [6.45, 7) is 4.97. The van der Waals surface area contributed by atoms with Crippen LogP contribution in [-0.2, 0) is 4.79 Å². The number of carbonyl (C=O) groups excluding carboxylic acids is 1. The van der Waals surface area contributed by atoms with Crippen LogP contribution in [0, 0.1) is 0 Å². The van der Waals surface area contributed by atoms with E-state index in [2.05, 4.69) is 10.3 Å². The van der Waals surface area contributed by atoms with Gasteiger partial charge in [-0.3, -0.25) is 9.79 Å². The minimum Gasteiger partial charge on any atom is -0.486 e. The highest BCUT2D eigenvalue weighted by molar-refractivity contribution is 8.16. The third-order valence-electron chi connectivity index (χ3n) is 4.18. The highest BCUT2D eigenvalue weighted by Gasteiger charge is 2.28. The quantitative estimate of drug-likeness (QED) is 0.855. The van der Waals surface area contributed by atoms with Gasteiger partial charge >= 0.3 is 0 Å². The molecular weight excluding hydrogens is 374 g/mol. The first-order valence-corrected chi connectivity index (χ1v) is 10.1. The molecule has 2 aliphatic rings. The zero-order valence-electron chi connectivity index (χ0n) is 15.8. The molecular formula is C21H21N3O3S. The Morgan fingerprint density at radius 1 is 1.07 bits per heavy atom. The number of aliphatic imine (C=N–C) groups is 2. The Balaban J connectivity index is 1.41. The number of ether oxygens (including phenoxy) is 2. The van der Waals surface area contributed by atoms with Gasteiger partial charge < -0.3 is 14.8 Å². The number of nitrogens with one attached hydrogen (secondary N) is 1. The van der Waals surface area contributed by atoms with Crippen LogP contribution < -0.4 is 14.8 Å². The van der Waals surface area contributed by atoms with Crippen molar-refractivity contribution >= 4 is 34.1 Å². The molecule has 0 aliphatic carbocycles. The van der Waals surface area contributed by atoms with Crippen molar-refractivity contribution in [3.05, 3.63) is 54.1 Å². The number of thioether (sulfide) groups is 1. The number of benzene rings is 2. The number of anilines is 1. The Kier molecular flexibility index (Phi) is 5.09. The average Bonchev–Trinajstić information content (AvgIpc) is 3.01. The Labute approximate surface area is 168 Å². The molecule has 1 N–H and O–H groups in total. The van der Waals surface area contributed by atoms with Gasteiger partial charge in [-0.05, 0) is 26.0 Å². The maximum atomic E-state index is 12.4. The minimum atomic E-state index is -0.514. The summed E-state index contributed by atoms with van der Waals surface area (Å²) in [5.41, 5.74) is 2.01. The number of fused-ring (bicyclic) bond motifs is 1. The number of nitrogens with zero attached hydrogens (tertiary/aromatic N) is 2. The molecule has 144 valence electrons. The van der Waals surface area contributed by atoms with E-state index in [1.165, 1.54) is 11.8 Å². The lowest BCUT2D eigenvalue weighted by Gasteiger charge is -2.19. The Morgan fingerprint density at radius 3 is 2.61 bits per heavy atom. The van der Waals surface area contributed by atoms with E-state index in [1.54, 1.807) is 12.1 Å². The van der Waals surface area contributed by atoms with Gasteiger partial charge in [-0.15, -0.1) is 0 Å². The maximum Gasteiger partial charge on any atom is 0.234 e. The van der Waals surface area contributed by atoms with Gasteiger partial charge in [0.1, 0.15) is 23.9 Å². The van der Waals surface area contributed by atoms with Crippen molar-refractivity contribution < 1.29 is 14.3 Å². The average molecular weight is 395 g/mol. The van der Waals surface area contributed by atoms with Crippen molar-refractivity contribution in [2.24, 2.45) is 9.98 Å². The lowest BCUT2D eigenvalue weighted by Crippen LogP contribution is -2.18. The van der Waals surface area contributed by atoms with Crippen molar-refractivity contribution in [1.29, 1.82) is 0 Å². The van der Waals surface area contributed by atoms with E-state index in [0.717, 1.165) is 16.3 Å². The van der Waals surface area contributed by atoms with E-state index in [4.69, 9.17) is 14.5 Å². The van der Waals surface area contributed by atoms with E-state index in [0.29, 0.717) is 30.4 Å². The number of carbonyl (C=O) groups is 1. The second kappa shape index (κ2) is 7.67. The van der Waals surface area contributed by atoms with Crippen LogP contribution >= 0.6 is 11.8 Å². The summed E-state index contributed by atoms with van der Waals surface area (Å²) in [5.74, 6) is 1.48. The highest BCUT2D eigenvalue weighted by atomic mass is 32.2. The Bertz CT molecular complexity index is 955. The van der Waals surface area contributed by atoms with Gasteiger partial charge in [0.25, 0.3) is 0 Å². The molecule has 4 rings (SSSR count). The summed E-state index contributed by atoms with van der Waals surface area (Å²) in [5, 5.41) is 3.69. The van der Waals surface area contributed by atoms with Crippen LogP contribution in [0.1, 0.15) is 19.4 Å². The van der Waals surface area contributed by atoms with Crippen LogP contribution in [0.2, 0.25) is 0 Å². The third kappa shape index (κ3) is 4.20. The van der Waals surface area contributed by atoms with E-state index in [-0.39, 0.29) is 11.7 Å². The summed E-state index contributed by atoms with van der Waals surface area (Å²) in [7, 11) is 0. The van der Waals surface area contributed by atoms with Crippen LogP contribution in [0.15, 0.2) is 58.5 Å². The molecule has 0 saturated heterocycles. The fourth-order valence-electron chi connectivity index (χ4n) is 2.98. The largest absolute Gasteiger partial charge is 0.486 e. The van der Waals surface area contributed by atoms with Crippen LogP contribution in [-0.4, -0.2) is 41.3 Å². The molecule has 0 radical (unpaired) electrons. The first kappa shape index (κ1) is 18.6. The van der Waals surface area contributed by atoms with Crippen molar-refractivity contribution in [1.82, 2.24) is 0 Å². The number of amides is 1. The standard InChI is InChI=1S/C21H21N3O3S/c1-21(2)23-19(14-6-4-3-5-7-14)20(24-21)28-13-18(25)22-15-8-9-16-17(12-15)27-11-10-26-16/h3-9,12H,10-11,13H2,1-2H3,(H,22,25). The summed E-state index contributed by atoms with van der Waals surface area (Å²) in [6, 6.07) is 15.3. The molecule has 2 heterocycles. The van der Waals surface area contributed by atoms with Crippen LogP contribution in [0.5, 0.6) is 11.5 Å². The molecule has 2 aromatic carbocycles. The smallest absolute Gasteiger partial charge is 0.234 e. The molecule has 6 nitrogen and oxygen atoms in total. The summed E-state index contributed by atoms with van der Waals surface area (Å²) in [4.78, 5) is 21.8. The molecule has 0 bridgehead atoms. The molecule has 0 fully saturated rings. The maximum absolute atomic E-state index is 12.4. The van der Waals surface area contributed by atoms with Crippen LogP contribution in [0.25, 0.3) is 0 Å². The lowest BCUT2D eigenvalue weighted by molar-refractivity contribution is -0.113. The van der Waals surface area contributed by atoms with Gasteiger partial charge in [0.2, 0.25) is 5.91 Å². The van der Waals surface area contributed by atoms with Gasteiger partial charge in [0.15, 0.2) is 11.5 Å². The molecule has 2 aliphatic heterocycles.